The maximum atomic E-state index is 6.69. The second kappa shape index (κ2) is 5.16. The number of ether oxygens (including phenoxy) is 1. The Hall–Kier alpha value is -1.02. The van der Waals surface area contributed by atoms with Gasteiger partial charge in [0.1, 0.15) is 5.75 Å². The van der Waals surface area contributed by atoms with Crippen LogP contribution >= 0.6 is 0 Å². The second-order valence-corrected chi connectivity index (χ2v) is 6.85. The van der Waals surface area contributed by atoms with E-state index in [4.69, 9.17) is 10.5 Å². The van der Waals surface area contributed by atoms with Crippen LogP contribution in [0.25, 0.3) is 0 Å². The molecule has 106 valence electrons. The van der Waals surface area contributed by atoms with Gasteiger partial charge in [-0.15, -0.1) is 0 Å². The van der Waals surface area contributed by atoms with Crippen LogP contribution in [0, 0.1) is 0 Å². The lowest BCUT2D eigenvalue weighted by Crippen LogP contribution is -2.39. The molecule has 2 nitrogen and oxygen atoms in total. The monoisotopic (exact) mass is 261 g/mol. The van der Waals surface area contributed by atoms with E-state index in [2.05, 4.69) is 39.0 Å². The number of benzene rings is 1. The van der Waals surface area contributed by atoms with Gasteiger partial charge in [-0.2, -0.15) is 0 Å². The Kier molecular flexibility index (Phi) is 3.91. The van der Waals surface area contributed by atoms with Crippen LogP contribution in [0.4, 0.5) is 0 Å². The van der Waals surface area contributed by atoms with Crippen LogP contribution in [0.1, 0.15) is 64.0 Å². The fraction of sp³-hybridized carbons (Fsp3) is 0.647. The molecule has 1 aliphatic rings. The summed E-state index contributed by atoms with van der Waals surface area (Å²) < 4.78 is 5.74. The number of hydrogen-bond donors (Lipinski definition) is 1. The Morgan fingerprint density at radius 3 is 2.26 bits per heavy atom. The number of rotatable bonds is 2. The molecule has 0 aromatic heterocycles. The van der Waals surface area contributed by atoms with E-state index in [0.717, 1.165) is 18.6 Å². The molecule has 0 spiro atoms. The zero-order valence-corrected chi connectivity index (χ0v) is 12.8. The molecule has 0 saturated heterocycles. The van der Waals surface area contributed by atoms with Crippen LogP contribution in [0.15, 0.2) is 18.2 Å². The van der Waals surface area contributed by atoms with Crippen molar-refractivity contribution in [2.75, 3.05) is 7.11 Å². The van der Waals surface area contributed by atoms with Gasteiger partial charge in [0.25, 0.3) is 0 Å². The van der Waals surface area contributed by atoms with Crippen molar-refractivity contribution in [3.8, 4) is 5.75 Å². The first-order valence-electron chi connectivity index (χ1n) is 7.35. The van der Waals surface area contributed by atoms with Gasteiger partial charge >= 0.3 is 0 Å². The molecule has 2 N–H and O–H groups in total. The molecule has 1 saturated carbocycles. The lowest BCUT2D eigenvalue weighted by atomic mass is 9.75. The average Bonchev–Trinajstić information content (AvgIpc) is 2.37. The first-order valence-corrected chi connectivity index (χ1v) is 7.35. The molecular weight excluding hydrogens is 234 g/mol. The molecule has 0 amide bonds. The van der Waals surface area contributed by atoms with Crippen LogP contribution in [-0.4, -0.2) is 7.11 Å². The minimum atomic E-state index is -0.204. The maximum Gasteiger partial charge on any atom is 0.127 e. The molecule has 0 bridgehead atoms. The van der Waals surface area contributed by atoms with E-state index in [0.29, 0.717) is 0 Å². The molecule has 0 heterocycles. The highest BCUT2D eigenvalue weighted by Crippen LogP contribution is 2.43. The van der Waals surface area contributed by atoms with Gasteiger partial charge in [0, 0.05) is 11.1 Å². The van der Waals surface area contributed by atoms with Gasteiger partial charge in [0.05, 0.1) is 7.11 Å². The minimum absolute atomic E-state index is 0.0758. The zero-order chi connectivity index (χ0) is 14.1. The van der Waals surface area contributed by atoms with Gasteiger partial charge < -0.3 is 10.5 Å². The van der Waals surface area contributed by atoms with Crippen LogP contribution in [0.5, 0.6) is 5.75 Å². The summed E-state index contributed by atoms with van der Waals surface area (Å²) in [5.74, 6) is 0.999. The third kappa shape index (κ3) is 2.79. The summed E-state index contributed by atoms with van der Waals surface area (Å²) in [4.78, 5) is 0. The fourth-order valence-electron chi connectivity index (χ4n) is 3.19. The van der Waals surface area contributed by atoms with Crippen LogP contribution in [0.3, 0.4) is 0 Å². The van der Waals surface area contributed by atoms with Crippen molar-refractivity contribution in [1.29, 1.82) is 0 Å². The van der Waals surface area contributed by atoms with E-state index < -0.39 is 0 Å². The predicted octanol–water partition coefficient (Wildman–Crippen LogP) is 4.11. The highest BCUT2D eigenvalue weighted by atomic mass is 16.5. The lowest BCUT2D eigenvalue weighted by Gasteiger charge is -2.36. The van der Waals surface area contributed by atoms with Gasteiger partial charge in [0.2, 0.25) is 0 Å². The predicted molar refractivity (Wildman–Crippen MR) is 80.6 cm³/mol. The molecule has 0 aliphatic heterocycles. The lowest BCUT2D eigenvalue weighted by molar-refractivity contribution is 0.286. The SMILES string of the molecule is COc1c(C(C)(C)C)cccc1C1(N)CCCCC1. The van der Waals surface area contributed by atoms with Crippen LogP contribution in [-0.2, 0) is 11.0 Å². The number of para-hydroxylation sites is 1. The molecular formula is C17H27NO. The highest BCUT2D eigenvalue weighted by Gasteiger charge is 2.34. The Morgan fingerprint density at radius 2 is 1.74 bits per heavy atom. The maximum absolute atomic E-state index is 6.69. The summed E-state index contributed by atoms with van der Waals surface area (Å²) in [7, 11) is 1.76. The quantitative estimate of drug-likeness (QED) is 0.869. The van der Waals surface area contributed by atoms with Gasteiger partial charge in [-0.3, -0.25) is 0 Å². The fourth-order valence-corrected chi connectivity index (χ4v) is 3.19. The molecule has 19 heavy (non-hydrogen) atoms. The van der Waals surface area contributed by atoms with Gasteiger partial charge in [0.15, 0.2) is 0 Å². The summed E-state index contributed by atoms with van der Waals surface area (Å²) in [6, 6.07) is 6.44. The molecule has 1 aliphatic carbocycles. The summed E-state index contributed by atoms with van der Waals surface area (Å²) in [5.41, 5.74) is 9.01. The van der Waals surface area contributed by atoms with Crippen molar-refractivity contribution in [2.45, 2.75) is 63.8 Å². The molecule has 1 fully saturated rings. The smallest absolute Gasteiger partial charge is 0.127 e. The third-order valence-electron chi connectivity index (χ3n) is 4.31. The molecule has 2 heteroatoms. The van der Waals surface area contributed by atoms with Crippen molar-refractivity contribution < 1.29 is 4.74 Å². The zero-order valence-electron chi connectivity index (χ0n) is 12.8. The molecule has 2 rings (SSSR count). The van der Waals surface area contributed by atoms with Crippen molar-refractivity contribution in [1.82, 2.24) is 0 Å². The van der Waals surface area contributed by atoms with Crippen molar-refractivity contribution in [3.63, 3.8) is 0 Å². The summed E-state index contributed by atoms with van der Waals surface area (Å²) in [6.45, 7) is 6.66. The van der Waals surface area contributed by atoms with E-state index in [9.17, 15) is 0 Å². The van der Waals surface area contributed by atoms with E-state index in [1.165, 1.54) is 30.4 Å². The highest BCUT2D eigenvalue weighted by molar-refractivity contribution is 5.48. The Labute approximate surface area is 117 Å². The molecule has 1 aromatic carbocycles. The first kappa shape index (κ1) is 14.4. The second-order valence-electron chi connectivity index (χ2n) is 6.85. The summed E-state index contributed by atoms with van der Waals surface area (Å²) in [5, 5.41) is 0. The molecule has 0 atom stereocenters. The van der Waals surface area contributed by atoms with Crippen molar-refractivity contribution in [3.05, 3.63) is 29.3 Å². The summed E-state index contributed by atoms with van der Waals surface area (Å²) >= 11 is 0. The third-order valence-corrected chi connectivity index (χ3v) is 4.31. The average molecular weight is 261 g/mol. The standard InChI is InChI=1S/C17H27NO/c1-16(2,3)13-9-8-10-14(15(13)19-4)17(18)11-6-5-7-12-17/h8-10H,5-7,11-12,18H2,1-4H3. The van der Waals surface area contributed by atoms with Gasteiger partial charge in [-0.1, -0.05) is 58.2 Å². The van der Waals surface area contributed by atoms with Gasteiger partial charge in [-0.25, -0.2) is 0 Å². The Balaban J connectivity index is 2.51. The Morgan fingerprint density at radius 1 is 1.11 bits per heavy atom. The van der Waals surface area contributed by atoms with Crippen LogP contribution < -0.4 is 10.5 Å². The number of hydrogen-bond acceptors (Lipinski definition) is 2. The van der Waals surface area contributed by atoms with E-state index >= 15 is 0 Å². The normalized spacial score (nSPS) is 19.2. The Bertz CT molecular complexity index is 439. The number of methoxy groups -OCH3 is 1. The van der Waals surface area contributed by atoms with Gasteiger partial charge in [-0.05, 0) is 23.8 Å². The largest absolute Gasteiger partial charge is 0.496 e. The minimum Gasteiger partial charge on any atom is -0.496 e. The van der Waals surface area contributed by atoms with Crippen molar-refractivity contribution >= 4 is 0 Å². The molecule has 1 aromatic rings. The van der Waals surface area contributed by atoms with E-state index in [-0.39, 0.29) is 11.0 Å². The molecule has 0 unspecified atom stereocenters. The van der Waals surface area contributed by atoms with Crippen LogP contribution in [0.2, 0.25) is 0 Å². The van der Waals surface area contributed by atoms with Crippen molar-refractivity contribution in [2.24, 2.45) is 5.73 Å². The summed E-state index contributed by atoms with van der Waals surface area (Å²) in [6.07, 6.45) is 5.88. The number of nitrogens with two attached hydrogens (primary N) is 1. The first-order chi connectivity index (χ1) is 8.88. The molecule has 0 radical (unpaired) electrons. The topological polar surface area (TPSA) is 35.2 Å². The van der Waals surface area contributed by atoms with E-state index in [1.54, 1.807) is 7.11 Å². The van der Waals surface area contributed by atoms with E-state index in [1.807, 2.05) is 0 Å².